The van der Waals surface area contributed by atoms with Gasteiger partial charge in [-0.3, -0.25) is 0 Å². The van der Waals surface area contributed by atoms with Crippen LogP contribution >= 0.6 is 11.8 Å². The molecule has 0 fully saturated rings. The monoisotopic (exact) mass is 282 g/mol. The van der Waals surface area contributed by atoms with Crippen LogP contribution < -0.4 is 24.8 Å². The molecule has 0 nitrogen and oxygen atoms in total. The van der Waals surface area contributed by atoms with Gasteiger partial charge >= 0.3 is 26.2 Å². The normalized spacial score (nSPS) is 16.7. The zero-order chi connectivity index (χ0) is 5.40. The van der Waals surface area contributed by atoms with Crippen LogP contribution in [0.2, 0.25) is 0 Å². The maximum absolute atomic E-state index is 2.26. The largest absolute Gasteiger partial charge is 2.00 e. The molecule has 0 atom stereocenters. The van der Waals surface area contributed by atoms with E-state index >= 15 is 0 Å². The molecule has 4 heteroatoms. The van der Waals surface area contributed by atoms with Crippen LogP contribution in [0, 0.1) is 0 Å². The number of hydrogen-bond acceptors (Lipinski definition) is 1. The van der Waals surface area contributed by atoms with Gasteiger partial charge in [-0.1, -0.05) is 18.2 Å². The van der Waals surface area contributed by atoms with Crippen molar-refractivity contribution in [3.63, 3.8) is 0 Å². The molecule has 0 saturated carbocycles. The van der Waals surface area contributed by atoms with Crippen molar-refractivity contribution in [1.29, 1.82) is 0 Å². The summed E-state index contributed by atoms with van der Waals surface area (Å²) in [6.45, 7) is 0. The first kappa shape index (κ1) is 14.6. The van der Waals surface area contributed by atoms with Gasteiger partial charge in [0, 0.05) is 10.7 Å². The van der Waals surface area contributed by atoms with E-state index in [1.165, 1.54) is 16.2 Å². The minimum absolute atomic E-state index is 0. The van der Waals surface area contributed by atoms with Gasteiger partial charge in [0.25, 0.3) is 0 Å². The number of hydrogen-bond donors (Lipinski definition) is 0. The molecule has 0 aromatic rings. The summed E-state index contributed by atoms with van der Waals surface area (Å²) >= 11 is 1.92. The summed E-state index contributed by atoms with van der Waals surface area (Å²) < 4.78 is 0. The quantitative estimate of drug-likeness (QED) is 0.439. The molecule has 0 spiro atoms. The van der Waals surface area contributed by atoms with Crippen molar-refractivity contribution in [3.05, 3.63) is 34.8 Å². The van der Waals surface area contributed by atoms with Crippen molar-refractivity contribution < 1.29 is 51.0 Å². The standard InChI is InChI=1S/C7H6S.2ClH.Zr/c1-2-6-4-5-8-7(6)3-1;;;/h1-4H,5H2;2*1H;/q;;;+2/p-2. The first-order chi connectivity index (χ1) is 3.97. The Morgan fingerprint density at radius 1 is 1.27 bits per heavy atom. The molecule has 0 radical (unpaired) electrons. The van der Waals surface area contributed by atoms with Crippen molar-refractivity contribution in [3.8, 4) is 0 Å². The third-order valence-corrected chi connectivity index (χ3v) is 2.37. The van der Waals surface area contributed by atoms with Crippen LogP contribution in [0.1, 0.15) is 0 Å². The molecule has 0 unspecified atom stereocenters. The molecule has 1 aliphatic carbocycles. The second kappa shape index (κ2) is 6.54. The van der Waals surface area contributed by atoms with E-state index in [9.17, 15) is 0 Å². The Balaban J connectivity index is 0. The molecule has 2 rings (SSSR count). The van der Waals surface area contributed by atoms with Gasteiger partial charge in [0.15, 0.2) is 0 Å². The van der Waals surface area contributed by atoms with Gasteiger partial charge in [0.2, 0.25) is 0 Å². The maximum Gasteiger partial charge on any atom is 2.00 e. The van der Waals surface area contributed by atoms with E-state index in [1.807, 2.05) is 11.8 Å². The molecule has 0 aromatic carbocycles. The van der Waals surface area contributed by atoms with Gasteiger partial charge < -0.3 is 24.8 Å². The Kier molecular flexibility index (Phi) is 8.65. The number of thioether (sulfide) groups is 1. The summed E-state index contributed by atoms with van der Waals surface area (Å²) in [5.41, 5.74) is 1.43. The molecule has 1 heterocycles. The number of fused-ring (bicyclic) bond motifs is 1. The number of rotatable bonds is 0. The van der Waals surface area contributed by atoms with Gasteiger partial charge in [-0.2, -0.15) is 0 Å². The average Bonchev–Trinajstić information content (AvgIpc) is 2.15. The first-order valence-electron chi connectivity index (χ1n) is 2.68. The average molecular weight is 284 g/mol. The second-order valence-corrected chi connectivity index (χ2v) is 2.92. The molecule has 0 N–H and O–H groups in total. The van der Waals surface area contributed by atoms with Crippen molar-refractivity contribution in [2.24, 2.45) is 0 Å². The van der Waals surface area contributed by atoms with Crippen molar-refractivity contribution >= 4 is 11.8 Å². The number of allylic oxidation sites excluding steroid dienone is 4. The van der Waals surface area contributed by atoms with Gasteiger partial charge in [0.05, 0.1) is 0 Å². The van der Waals surface area contributed by atoms with Gasteiger partial charge in [-0.15, -0.1) is 11.8 Å². The van der Waals surface area contributed by atoms with Gasteiger partial charge in [-0.05, 0) is 11.6 Å². The third-order valence-electron chi connectivity index (χ3n) is 1.35. The van der Waals surface area contributed by atoms with E-state index in [2.05, 4.69) is 24.3 Å². The van der Waals surface area contributed by atoms with Crippen LogP contribution in [0.3, 0.4) is 0 Å². The summed E-state index contributed by atoms with van der Waals surface area (Å²) in [5, 5.41) is 0. The topological polar surface area (TPSA) is 0 Å². The summed E-state index contributed by atoms with van der Waals surface area (Å²) in [6, 6.07) is 0. The molecule has 0 bridgehead atoms. The Morgan fingerprint density at radius 3 is 2.64 bits per heavy atom. The van der Waals surface area contributed by atoms with Crippen LogP contribution in [0.25, 0.3) is 0 Å². The Morgan fingerprint density at radius 2 is 2.00 bits per heavy atom. The van der Waals surface area contributed by atoms with Crippen molar-refractivity contribution in [2.75, 3.05) is 5.75 Å². The molecule has 11 heavy (non-hydrogen) atoms. The van der Waals surface area contributed by atoms with E-state index in [0.717, 1.165) is 0 Å². The Hall–Kier alpha value is 1.03. The summed E-state index contributed by atoms with van der Waals surface area (Å²) in [4.78, 5) is 1.45. The predicted octanol–water partition coefficient (Wildman–Crippen LogP) is -3.88. The first-order valence-corrected chi connectivity index (χ1v) is 3.67. The molecular formula is C7H6Cl2SZr. The minimum atomic E-state index is 0. The van der Waals surface area contributed by atoms with Crippen LogP contribution in [-0.4, -0.2) is 5.75 Å². The third kappa shape index (κ3) is 3.10. The fourth-order valence-corrected chi connectivity index (χ4v) is 1.87. The van der Waals surface area contributed by atoms with E-state index in [-0.39, 0.29) is 51.0 Å². The summed E-state index contributed by atoms with van der Waals surface area (Å²) in [7, 11) is 0. The van der Waals surface area contributed by atoms with Crippen LogP contribution in [-0.2, 0) is 26.2 Å². The SMILES string of the molecule is C1=CC2=CCSC2=C1.[Cl-].[Cl-].[Zr+2]. The maximum atomic E-state index is 2.26. The fraction of sp³-hybridized carbons (Fsp3) is 0.143. The summed E-state index contributed by atoms with van der Waals surface area (Å²) in [6.07, 6.45) is 8.70. The van der Waals surface area contributed by atoms with E-state index in [1.54, 1.807) is 0 Å². The van der Waals surface area contributed by atoms with Crippen molar-refractivity contribution in [1.82, 2.24) is 0 Å². The molecule has 1 aliphatic heterocycles. The molecular weight excluding hydrogens is 278 g/mol. The Bertz CT molecular complexity index is 208. The summed E-state index contributed by atoms with van der Waals surface area (Å²) in [5.74, 6) is 1.17. The van der Waals surface area contributed by atoms with E-state index < -0.39 is 0 Å². The van der Waals surface area contributed by atoms with Crippen LogP contribution in [0.5, 0.6) is 0 Å². The molecule has 0 saturated heterocycles. The van der Waals surface area contributed by atoms with Crippen molar-refractivity contribution in [2.45, 2.75) is 0 Å². The fourth-order valence-electron chi connectivity index (χ4n) is 0.939. The van der Waals surface area contributed by atoms with Crippen LogP contribution in [0.4, 0.5) is 0 Å². The molecule has 0 amide bonds. The smallest absolute Gasteiger partial charge is 1.00 e. The molecule has 0 aromatic heterocycles. The Labute approximate surface area is 103 Å². The number of halogens is 2. The second-order valence-electron chi connectivity index (χ2n) is 1.86. The molecule has 2 aliphatic rings. The van der Waals surface area contributed by atoms with Crippen LogP contribution in [0.15, 0.2) is 34.8 Å². The minimum Gasteiger partial charge on any atom is -1.00 e. The van der Waals surface area contributed by atoms with Gasteiger partial charge in [0.1, 0.15) is 0 Å². The van der Waals surface area contributed by atoms with E-state index in [4.69, 9.17) is 0 Å². The predicted molar refractivity (Wildman–Crippen MR) is 37.8 cm³/mol. The van der Waals surface area contributed by atoms with Gasteiger partial charge in [-0.25, -0.2) is 0 Å². The van der Waals surface area contributed by atoms with E-state index in [0.29, 0.717) is 0 Å². The zero-order valence-corrected chi connectivity index (χ0v) is 10.5. The molecule has 58 valence electrons. The zero-order valence-electron chi connectivity index (χ0n) is 5.68.